The van der Waals surface area contributed by atoms with Gasteiger partial charge in [0.05, 0.1) is 10.2 Å². The van der Waals surface area contributed by atoms with Crippen LogP contribution in [0, 0.1) is 0 Å². The summed E-state index contributed by atoms with van der Waals surface area (Å²) in [5.41, 5.74) is 0.698. The van der Waals surface area contributed by atoms with Crippen LogP contribution in [0.3, 0.4) is 0 Å². The lowest BCUT2D eigenvalue weighted by molar-refractivity contribution is -0.119. The number of thiophene rings is 1. The van der Waals surface area contributed by atoms with E-state index < -0.39 is 16.1 Å². The number of rotatable bonds is 4. The summed E-state index contributed by atoms with van der Waals surface area (Å²) >= 11 is 2.47. The maximum Gasteiger partial charge on any atom is 0.253 e. The summed E-state index contributed by atoms with van der Waals surface area (Å²) in [5, 5.41) is 4.93. The van der Waals surface area contributed by atoms with Crippen molar-refractivity contribution in [2.75, 3.05) is 25.1 Å². The van der Waals surface area contributed by atoms with Gasteiger partial charge in [0.15, 0.2) is 16.6 Å². The number of sulfonamides is 1. The molecule has 1 aromatic carbocycles. The molecule has 29 heavy (non-hydrogen) atoms. The number of aromatic nitrogens is 1. The molecule has 4 heterocycles. The minimum absolute atomic E-state index is 0.253. The molecule has 11 heteroatoms. The zero-order valence-electron chi connectivity index (χ0n) is 15.2. The third-order valence-corrected chi connectivity index (χ3v) is 9.06. The van der Waals surface area contributed by atoms with Gasteiger partial charge in [-0.05, 0) is 24.3 Å². The highest BCUT2D eigenvalue weighted by atomic mass is 32.2. The first kappa shape index (κ1) is 18.8. The second-order valence-corrected chi connectivity index (χ2v) is 10.8. The molecule has 8 nitrogen and oxygen atoms in total. The number of nitrogens with one attached hydrogen (secondary N) is 1. The van der Waals surface area contributed by atoms with Gasteiger partial charge in [-0.2, -0.15) is 4.31 Å². The highest BCUT2D eigenvalue weighted by molar-refractivity contribution is 7.91. The average Bonchev–Trinajstić information content (AvgIpc) is 3.46. The Hall–Kier alpha value is -2.21. The normalized spacial score (nSPS) is 19.5. The van der Waals surface area contributed by atoms with Crippen molar-refractivity contribution in [3.63, 3.8) is 0 Å². The number of hydrogen-bond donors (Lipinski definition) is 1. The van der Waals surface area contributed by atoms with Crippen LogP contribution in [0.25, 0.3) is 10.2 Å². The van der Waals surface area contributed by atoms with Gasteiger partial charge in [-0.3, -0.25) is 4.79 Å². The van der Waals surface area contributed by atoms with Gasteiger partial charge in [0.25, 0.3) is 10.0 Å². The molecule has 2 aliphatic heterocycles. The van der Waals surface area contributed by atoms with Crippen molar-refractivity contribution in [1.29, 1.82) is 0 Å². The highest BCUT2D eigenvalue weighted by Crippen LogP contribution is 2.38. The van der Waals surface area contributed by atoms with Crippen LogP contribution in [0.5, 0.6) is 11.5 Å². The summed E-state index contributed by atoms with van der Waals surface area (Å²) < 4.78 is 39.3. The fourth-order valence-corrected chi connectivity index (χ4v) is 7.18. The fourth-order valence-electron chi connectivity index (χ4n) is 3.52. The number of amides is 1. The largest absolute Gasteiger partial charge is 0.486 e. The van der Waals surface area contributed by atoms with Gasteiger partial charge in [-0.1, -0.05) is 17.4 Å². The predicted octanol–water partition coefficient (Wildman–Crippen LogP) is 2.92. The molecule has 1 saturated heterocycles. The molecule has 2 aromatic heterocycles. The molecule has 1 fully saturated rings. The summed E-state index contributed by atoms with van der Waals surface area (Å²) in [4.78, 5) is 17.3. The topological polar surface area (TPSA) is 97.8 Å². The molecule has 0 aliphatic carbocycles. The van der Waals surface area contributed by atoms with Crippen LogP contribution in [-0.2, 0) is 14.8 Å². The molecule has 5 rings (SSSR count). The summed E-state index contributed by atoms with van der Waals surface area (Å²) in [5.74, 6) is 0.934. The molecule has 0 unspecified atom stereocenters. The molecular formula is C18H17N3O5S3. The van der Waals surface area contributed by atoms with Gasteiger partial charge in [-0.25, -0.2) is 13.4 Å². The monoisotopic (exact) mass is 451 g/mol. The second kappa shape index (κ2) is 7.24. The number of ether oxygens (including phenoxy) is 2. The van der Waals surface area contributed by atoms with Gasteiger partial charge in [-0.15, -0.1) is 11.3 Å². The van der Waals surface area contributed by atoms with Crippen molar-refractivity contribution < 1.29 is 22.7 Å². The zero-order chi connectivity index (χ0) is 20.0. The number of benzene rings is 1. The Balaban J connectivity index is 1.38. The number of nitrogens with zero attached hydrogens (tertiary/aromatic N) is 2. The maximum absolute atomic E-state index is 12.9. The molecule has 0 saturated carbocycles. The lowest BCUT2D eigenvalue weighted by atomic mass is 10.2. The van der Waals surface area contributed by atoms with E-state index in [1.807, 2.05) is 6.07 Å². The summed E-state index contributed by atoms with van der Waals surface area (Å²) in [6.07, 6.45) is 1.13. The van der Waals surface area contributed by atoms with E-state index >= 15 is 0 Å². The predicted molar refractivity (Wildman–Crippen MR) is 110 cm³/mol. The van der Waals surface area contributed by atoms with Gasteiger partial charge in [0.2, 0.25) is 5.91 Å². The summed E-state index contributed by atoms with van der Waals surface area (Å²) in [6.45, 7) is 1.32. The first-order valence-electron chi connectivity index (χ1n) is 9.09. The fraction of sp³-hybridized carbons (Fsp3) is 0.333. The molecule has 0 bridgehead atoms. The Morgan fingerprint density at radius 2 is 2.03 bits per heavy atom. The van der Waals surface area contributed by atoms with E-state index in [1.54, 1.807) is 23.6 Å². The minimum atomic E-state index is -3.68. The van der Waals surface area contributed by atoms with E-state index in [-0.39, 0.29) is 10.1 Å². The average molecular weight is 452 g/mol. The molecule has 152 valence electrons. The molecule has 3 aromatic rings. The smallest absolute Gasteiger partial charge is 0.253 e. The summed E-state index contributed by atoms with van der Waals surface area (Å²) in [6, 6.07) is 6.15. The van der Waals surface area contributed by atoms with E-state index in [0.717, 1.165) is 16.0 Å². The van der Waals surface area contributed by atoms with E-state index in [2.05, 4.69) is 10.3 Å². The number of thiazole rings is 1. The van der Waals surface area contributed by atoms with Crippen molar-refractivity contribution in [3.05, 3.63) is 29.6 Å². The first-order valence-corrected chi connectivity index (χ1v) is 12.2. The highest BCUT2D eigenvalue weighted by Gasteiger charge is 2.40. The Labute approximate surface area is 175 Å². The Bertz CT molecular complexity index is 1130. The quantitative estimate of drug-likeness (QED) is 0.655. The first-order chi connectivity index (χ1) is 14.0. The molecule has 1 atom stereocenters. The molecule has 2 aliphatic rings. The van der Waals surface area contributed by atoms with Crippen molar-refractivity contribution in [1.82, 2.24) is 9.29 Å². The number of fused-ring (bicyclic) bond motifs is 2. The van der Waals surface area contributed by atoms with Gasteiger partial charge >= 0.3 is 0 Å². The van der Waals surface area contributed by atoms with E-state index in [0.29, 0.717) is 54.7 Å². The Kier molecular flexibility index (Phi) is 4.69. The van der Waals surface area contributed by atoms with Crippen LogP contribution < -0.4 is 14.8 Å². The minimum Gasteiger partial charge on any atom is -0.486 e. The number of carbonyl (C=O) groups is 1. The Morgan fingerprint density at radius 1 is 1.24 bits per heavy atom. The lowest BCUT2D eigenvalue weighted by Crippen LogP contribution is -2.42. The van der Waals surface area contributed by atoms with Crippen molar-refractivity contribution >= 4 is 54.0 Å². The molecule has 0 radical (unpaired) electrons. The molecular weight excluding hydrogens is 434 g/mol. The second-order valence-electron chi connectivity index (χ2n) is 6.68. The Morgan fingerprint density at radius 3 is 2.79 bits per heavy atom. The SMILES string of the molecule is O=C(Nc1nc2cc3c(cc2s1)OCCO3)[C@H]1CCCN1S(=O)(=O)c1cccs1. The number of hydrogen-bond acceptors (Lipinski definition) is 8. The van der Waals surface area contributed by atoms with Crippen LogP contribution in [0.1, 0.15) is 12.8 Å². The van der Waals surface area contributed by atoms with Crippen molar-refractivity contribution in [3.8, 4) is 11.5 Å². The van der Waals surface area contributed by atoms with Crippen LogP contribution in [-0.4, -0.2) is 49.4 Å². The third-order valence-electron chi connectivity index (χ3n) is 4.85. The van der Waals surface area contributed by atoms with Crippen LogP contribution in [0.2, 0.25) is 0 Å². The van der Waals surface area contributed by atoms with Crippen LogP contribution in [0.4, 0.5) is 5.13 Å². The standard InChI is InChI=1S/C18H17N3O5S3/c22-17(12-3-1-5-21(12)29(23,24)16-4-2-8-27-16)20-18-19-11-9-13-14(10-15(11)28-18)26-7-6-25-13/h2,4,8-10,12H,1,3,5-7H2,(H,19,20,22)/t12-/m1/s1. The molecule has 1 N–H and O–H groups in total. The molecule has 0 spiro atoms. The summed E-state index contributed by atoms with van der Waals surface area (Å²) in [7, 11) is -3.68. The van der Waals surface area contributed by atoms with E-state index in [1.165, 1.54) is 15.6 Å². The van der Waals surface area contributed by atoms with Gasteiger partial charge in [0, 0.05) is 18.7 Å². The third kappa shape index (κ3) is 3.37. The van der Waals surface area contributed by atoms with E-state index in [4.69, 9.17) is 9.47 Å². The van der Waals surface area contributed by atoms with Crippen molar-refractivity contribution in [2.24, 2.45) is 0 Å². The number of anilines is 1. The van der Waals surface area contributed by atoms with Gasteiger partial charge < -0.3 is 14.8 Å². The van der Waals surface area contributed by atoms with Crippen LogP contribution in [0.15, 0.2) is 33.9 Å². The van der Waals surface area contributed by atoms with E-state index in [9.17, 15) is 13.2 Å². The van der Waals surface area contributed by atoms with Gasteiger partial charge in [0.1, 0.15) is 23.5 Å². The van der Waals surface area contributed by atoms with Crippen LogP contribution >= 0.6 is 22.7 Å². The lowest BCUT2D eigenvalue weighted by Gasteiger charge is -2.22. The van der Waals surface area contributed by atoms with Crippen molar-refractivity contribution in [2.45, 2.75) is 23.1 Å². The zero-order valence-corrected chi connectivity index (χ0v) is 17.6. The number of carbonyl (C=O) groups excluding carboxylic acids is 1. The maximum atomic E-state index is 12.9. The molecule has 1 amide bonds.